The van der Waals surface area contributed by atoms with E-state index in [0.29, 0.717) is 11.3 Å². The van der Waals surface area contributed by atoms with Crippen molar-refractivity contribution in [3.05, 3.63) is 86.5 Å². The number of hydrogen-bond donors (Lipinski definition) is 3. The van der Waals surface area contributed by atoms with Crippen LogP contribution < -0.4 is 17.0 Å². The second-order valence-corrected chi connectivity index (χ2v) is 7.10. The molecule has 1 fully saturated rings. The zero-order valence-corrected chi connectivity index (χ0v) is 15.1. The normalized spacial score (nSPS) is 18.1. The van der Waals surface area contributed by atoms with Gasteiger partial charge in [0.05, 0.1) is 11.3 Å². The third kappa shape index (κ3) is 2.92. The van der Waals surface area contributed by atoms with E-state index in [9.17, 15) is 14.4 Å². The molecule has 3 aromatic heterocycles. The molecule has 1 saturated carbocycles. The van der Waals surface area contributed by atoms with Crippen LogP contribution in [0.2, 0.25) is 0 Å². The van der Waals surface area contributed by atoms with E-state index in [-0.39, 0.29) is 17.4 Å². The number of aromatic amines is 2. The van der Waals surface area contributed by atoms with Crippen LogP contribution in [-0.2, 0) is 0 Å². The Labute approximate surface area is 163 Å². The van der Waals surface area contributed by atoms with Crippen molar-refractivity contribution in [2.75, 3.05) is 0 Å². The van der Waals surface area contributed by atoms with E-state index in [4.69, 9.17) is 5.73 Å². The predicted octanol–water partition coefficient (Wildman–Crippen LogP) is 1.14. The molecule has 3 heterocycles. The first-order chi connectivity index (χ1) is 14.0. The molecule has 0 spiro atoms. The fourth-order valence-corrected chi connectivity index (χ4v) is 3.75. The molecule has 9 nitrogen and oxygen atoms in total. The van der Waals surface area contributed by atoms with Gasteiger partial charge in [-0.2, -0.15) is 5.10 Å². The van der Waals surface area contributed by atoms with Gasteiger partial charge in [0.15, 0.2) is 5.65 Å². The van der Waals surface area contributed by atoms with Crippen molar-refractivity contribution in [1.29, 1.82) is 0 Å². The Morgan fingerprint density at radius 1 is 1.17 bits per heavy atom. The molecule has 5 rings (SSSR count). The standard InChI is InChI=1S/C20H16N6O3/c21-17(27)11-3-1-10(2-4-11)12-7-13(12)14-8-16(25-26-6-5-22-18(14)26)15-9-23-20(29)24-19(15)28/h1-6,8-9,12-13H,7H2,(H2,21,27)(H2,23,24,28,29)/t12-,13+/m1/s1. The number of rotatable bonds is 4. The minimum atomic E-state index is -0.565. The summed E-state index contributed by atoms with van der Waals surface area (Å²) in [5.41, 5.74) is 8.29. The molecule has 0 bridgehead atoms. The largest absolute Gasteiger partial charge is 0.366 e. The van der Waals surface area contributed by atoms with Crippen molar-refractivity contribution in [3.63, 3.8) is 0 Å². The highest BCUT2D eigenvalue weighted by molar-refractivity contribution is 5.92. The quantitative estimate of drug-likeness (QED) is 0.481. The Bertz CT molecular complexity index is 1370. The molecule has 4 aromatic rings. The molecule has 2 atom stereocenters. The molecule has 0 aliphatic heterocycles. The third-order valence-corrected chi connectivity index (χ3v) is 5.30. The van der Waals surface area contributed by atoms with Crippen molar-refractivity contribution in [2.24, 2.45) is 5.73 Å². The van der Waals surface area contributed by atoms with Gasteiger partial charge in [-0.1, -0.05) is 12.1 Å². The van der Waals surface area contributed by atoms with Crippen LogP contribution >= 0.6 is 0 Å². The average molecular weight is 388 g/mol. The van der Waals surface area contributed by atoms with E-state index in [1.165, 1.54) is 6.20 Å². The van der Waals surface area contributed by atoms with E-state index in [1.807, 2.05) is 18.2 Å². The summed E-state index contributed by atoms with van der Waals surface area (Å²) >= 11 is 0. The number of carbonyl (C=O) groups excluding carboxylic acids is 1. The number of hydrogen-bond acceptors (Lipinski definition) is 5. The predicted molar refractivity (Wildman–Crippen MR) is 105 cm³/mol. The second-order valence-electron chi connectivity index (χ2n) is 7.10. The molecule has 144 valence electrons. The maximum atomic E-state index is 12.2. The molecule has 1 aliphatic rings. The number of nitrogens with zero attached hydrogens (tertiary/aromatic N) is 3. The number of aromatic nitrogens is 5. The lowest BCUT2D eigenvalue weighted by Gasteiger charge is -2.07. The number of nitrogens with one attached hydrogen (secondary N) is 2. The van der Waals surface area contributed by atoms with E-state index in [1.54, 1.807) is 29.0 Å². The second kappa shape index (κ2) is 6.26. The first-order valence-corrected chi connectivity index (χ1v) is 9.07. The summed E-state index contributed by atoms with van der Waals surface area (Å²) in [5, 5.41) is 4.46. The number of amides is 1. The highest BCUT2D eigenvalue weighted by atomic mass is 16.2. The van der Waals surface area contributed by atoms with Crippen molar-refractivity contribution in [3.8, 4) is 11.3 Å². The van der Waals surface area contributed by atoms with E-state index in [0.717, 1.165) is 23.2 Å². The first-order valence-electron chi connectivity index (χ1n) is 9.07. The maximum Gasteiger partial charge on any atom is 0.325 e. The van der Waals surface area contributed by atoms with Gasteiger partial charge in [-0.3, -0.25) is 14.6 Å². The summed E-state index contributed by atoms with van der Waals surface area (Å²) in [5.74, 6) is 0.0392. The van der Waals surface area contributed by atoms with Crippen LogP contribution in [0, 0.1) is 0 Å². The smallest absolute Gasteiger partial charge is 0.325 e. The molecule has 29 heavy (non-hydrogen) atoms. The van der Waals surface area contributed by atoms with Crippen LogP contribution in [0.25, 0.3) is 16.9 Å². The topological polar surface area (TPSA) is 139 Å². The van der Waals surface area contributed by atoms with E-state index in [2.05, 4.69) is 20.1 Å². The zero-order chi connectivity index (χ0) is 20.1. The monoisotopic (exact) mass is 388 g/mol. The highest BCUT2D eigenvalue weighted by Gasteiger charge is 2.41. The average Bonchev–Trinajstić information content (AvgIpc) is 3.36. The summed E-state index contributed by atoms with van der Waals surface area (Å²) < 4.78 is 1.64. The van der Waals surface area contributed by atoms with Gasteiger partial charge in [-0.05, 0) is 42.0 Å². The lowest BCUT2D eigenvalue weighted by molar-refractivity contribution is 0.100. The molecule has 9 heteroatoms. The molecular weight excluding hydrogens is 372 g/mol. The molecule has 4 N–H and O–H groups in total. The SMILES string of the molecule is NC(=O)c1ccc([C@H]2C[C@@H]2c2cc(-c3c[nH]c(=O)[nH]c3=O)nn3ccnc23)cc1. The van der Waals surface area contributed by atoms with Gasteiger partial charge in [-0.15, -0.1) is 0 Å². The minimum Gasteiger partial charge on any atom is -0.366 e. The van der Waals surface area contributed by atoms with Crippen molar-refractivity contribution < 1.29 is 4.79 Å². The molecular formula is C20H16N6O3. The van der Waals surface area contributed by atoms with E-state index < -0.39 is 17.2 Å². The summed E-state index contributed by atoms with van der Waals surface area (Å²) in [4.78, 5) is 43.9. The van der Waals surface area contributed by atoms with Crippen molar-refractivity contribution >= 4 is 11.6 Å². The summed E-state index contributed by atoms with van der Waals surface area (Å²) in [6.45, 7) is 0. The Balaban J connectivity index is 1.55. The van der Waals surface area contributed by atoms with Gasteiger partial charge >= 0.3 is 5.69 Å². The van der Waals surface area contributed by atoms with Crippen molar-refractivity contribution in [2.45, 2.75) is 18.3 Å². The highest BCUT2D eigenvalue weighted by Crippen LogP contribution is 2.55. The maximum absolute atomic E-state index is 12.2. The number of imidazole rings is 1. The summed E-state index contributed by atoms with van der Waals surface area (Å²) in [6, 6.07) is 9.16. The summed E-state index contributed by atoms with van der Waals surface area (Å²) in [6.07, 6.45) is 5.67. The van der Waals surface area contributed by atoms with Gasteiger partial charge in [0.1, 0.15) is 0 Å². The number of carbonyl (C=O) groups is 1. The molecule has 0 unspecified atom stereocenters. The number of primary amides is 1. The molecule has 1 aromatic carbocycles. The number of H-pyrrole nitrogens is 2. The Kier molecular flexibility index (Phi) is 3.70. The van der Waals surface area contributed by atoms with Gasteiger partial charge in [0.25, 0.3) is 5.56 Å². The molecule has 0 saturated heterocycles. The lowest BCUT2D eigenvalue weighted by atomic mass is 10.0. The van der Waals surface area contributed by atoms with Crippen LogP contribution in [0.1, 0.15) is 39.7 Å². The fourth-order valence-electron chi connectivity index (χ4n) is 3.75. The fraction of sp³-hybridized carbons (Fsp3) is 0.150. The number of fused-ring (bicyclic) bond motifs is 1. The minimum absolute atomic E-state index is 0.211. The Morgan fingerprint density at radius 2 is 1.97 bits per heavy atom. The van der Waals surface area contributed by atoms with Crippen molar-refractivity contribution in [1.82, 2.24) is 24.6 Å². The van der Waals surface area contributed by atoms with Gasteiger partial charge < -0.3 is 10.7 Å². The molecule has 0 radical (unpaired) electrons. The number of benzene rings is 1. The first kappa shape index (κ1) is 17.1. The Morgan fingerprint density at radius 3 is 2.69 bits per heavy atom. The third-order valence-electron chi connectivity index (χ3n) is 5.30. The van der Waals surface area contributed by atoms with Crippen LogP contribution in [-0.4, -0.2) is 30.5 Å². The van der Waals surface area contributed by atoms with Gasteiger partial charge in [0, 0.05) is 29.7 Å². The Hall–Kier alpha value is -4.01. The van der Waals surface area contributed by atoms with E-state index >= 15 is 0 Å². The molecule has 1 amide bonds. The zero-order valence-electron chi connectivity index (χ0n) is 15.1. The van der Waals surface area contributed by atoms with Crippen LogP contribution in [0.15, 0.2) is 58.5 Å². The number of nitrogens with two attached hydrogens (primary N) is 1. The lowest BCUT2D eigenvalue weighted by Crippen LogP contribution is -2.23. The summed E-state index contributed by atoms with van der Waals surface area (Å²) in [7, 11) is 0. The van der Waals surface area contributed by atoms with Gasteiger partial charge in [0.2, 0.25) is 5.91 Å². The van der Waals surface area contributed by atoms with Crippen LogP contribution in [0.4, 0.5) is 0 Å². The van der Waals surface area contributed by atoms with Gasteiger partial charge in [-0.25, -0.2) is 14.3 Å². The van der Waals surface area contributed by atoms with Crippen LogP contribution in [0.3, 0.4) is 0 Å². The molecule has 1 aliphatic carbocycles. The van der Waals surface area contributed by atoms with Crippen LogP contribution in [0.5, 0.6) is 0 Å².